The van der Waals surface area contributed by atoms with Gasteiger partial charge < -0.3 is 54.5 Å². The van der Waals surface area contributed by atoms with Crippen molar-refractivity contribution >= 4 is 34.2 Å². The van der Waals surface area contributed by atoms with E-state index in [1.165, 1.54) is 38.5 Å². The second-order valence-electron chi connectivity index (χ2n) is 10.4. The van der Waals surface area contributed by atoms with E-state index >= 15 is 0 Å². The number of aliphatic carboxylic acids is 1. The minimum atomic E-state index is -2.20. The van der Waals surface area contributed by atoms with Crippen molar-refractivity contribution in [3.05, 3.63) is 61.3 Å². The van der Waals surface area contributed by atoms with Gasteiger partial charge in [0.15, 0.2) is 11.5 Å². The number of hydrogen-bond donors (Lipinski definition) is 7. The van der Waals surface area contributed by atoms with Crippen LogP contribution in [0.1, 0.15) is 17.9 Å². The molecule has 2 heterocycles. The van der Waals surface area contributed by atoms with Gasteiger partial charge in [-0.1, -0.05) is 11.6 Å². The van der Waals surface area contributed by atoms with Crippen molar-refractivity contribution in [2.75, 3.05) is 41.0 Å². The van der Waals surface area contributed by atoms with E-state index in [-0.39, 0.29) is 51.4 Å². The maximum atomic E-state index is 13.2. The van der Waals surface area contributed by atoms with Gasteiger partial charge in [0.05, 0.1) is 37.4 Å². The molecular weight excluding hydrogens is 636 g/mol. The van der Waals surface area contributed by atoms with E-state index in [0.29, 0.717) is 22.6 Å². The van der Waals surface area contributed by atoms with E-state index < -0.39 is 41.9 Å². The molecule has 1 fully saturated rings. The summed E-state index contributed by atoms with van der Waals surface area (Å²) in [6, 6.07) is 6.71. The van der Waals surface area contributed by atoms with Crippen LogP contribution in [0.15, 0.2) is 39.5 Å². The van der Waals surface area contributed by atoms with Gasteiger partial charge >= 0.3 is 5.97 Å². The highest BCUT2D eigenvalue weighted by Crippen LogP contribution is 2.45. The molecule has 1 aromatic heterocycles. The molecule has 4 rings (SSSR count). The Balaban J connectivity index is 0.000000376. The fraction of sp³-hybridized carbons (Fsp3) is 0.448. The number of likely N-dealkylation sites (tertiary alicyclic amines) is 1. The zero-order valence-electron chi connectivity index (χ0n) is 24.9. The van der Waals surface area contributed by atoms with Crippen LogP contribution < -0.4 is 14.9 Å². The molecule has 252 valence electrons. The molecule has 17 heteroatoms. The molecule has 1 aliphatic heterocycles. The summed E-state index contributed by atoms with van der Waals surface area (Å²) in [6.07, 6.45) is -7.11. The van der Waals surface area contributed by atoms with Crippen molar-refractivity contribution in [2.24, 2.45) is 0 Å². The molecule has 3 aromatic rings. The molecule has 46 heavy (non-hydrogen) atoms. The van der Waals surface area contributed by atoms with E-state index in [4.69, 9.17) is 56.1 Å². The number of non-ortho nitro benzene ring substituents is 1. The molecule has 1 saturated heterocycles. The smallest absolute Gasteiger partial charge is 0.335 e. The lowest BCUT2D eigenvalue weighted by Crippen LogP contribution is -2.48. The number of nitrogens with zero attached hydrogens (tertiary/aromatic N) is 2. The summed E-state index contributed by atoms with van der Waals surface area (Å²) < 4.78 is 17.3. The molecule has 1 aliphatic rings. The maximum absolute atomic E-state index is 13.2. The predicted octanol–water partition coefficient (Wildman–Crippen LogP) is 0.326. The van der Waals surface area contributed by atoms with Crippen LogP contribution >= 0.6 is 11.6 Å². The van der Waals surface area contributed by atoms with E-state index in [1.54, 1.807) is 6.07 Å². The number of carboxylic acids is 1. The van der Waals surface area contributed by atoms with Crippen molar-refractivity contribution in [1.82, 2.24) is 4.90 Å². The highest BCUT2D eigenvalue weighted by atomic mass is 35.5. The summed E-state index contributed by atoms with van der Waals surface area (Å²) in [5, 5.41) is 73.2. The summed E-state index contributed by atoms with van der Waals surface area (Å²) in [5.74, 6) is -0.942. The monoisotopic (exact) mass is 670 g/mol. The second kappa shape index (κ2) is 15.6. The maximum Gasteiger partial charge on any atom is 0.335 e. The van der Waals surface area contributed by atoms with Crippen LogP contribution in [-0.2, 0) is 4.79 Å². The minimum absolute atomic E-state index is 0.0735. The van der Waals surface area contributed by atoms with Gasteiger partial charge in [0, 0.05) is 47.4 Å². The number of hydrogen-bond acceptors (Lipinski definition) is 14. The van der Waals surface area contributed by atoms with Gasteiger partial charge in [-0.25, -0.2) is 4.79 Å². The van der Waals surface area contributed by atoms with Crippen molar-refractivity contribution in [2.45, 2.75) is 42.8 Å². The van der Waals surface area contributed by atoms with E-state index in [2.05, 4.69) is 4.90 Å². The highest BCUT2D eigenvalue weighted by Gasteiger charge is 2.37. The molecule has 0 amide bonds. The largest absolute Gasteiger partial charge is 0.496 e. The van der Waals surface area contributed by atoms with Crippen molar-refractivity contribution in [1.29, 1.82) is 0 Å². The summed E-state index contributed by atoms with van der Waals surface area (Å²) in [7, 11) is 4.90. The van der Waals surface area contributed by atoms with Crippen molar-refractivity contribution < 1.29 is 59.4 Å². The van der Waals surface area contributed by atoms with Crippen LogP contribution in [0.5, 0.6) is 11.5 Å². The number of ether oxygens (including phenoxy) is 2. The third-order valence-electron chi connectivity index (χ3n) is 7.72. The Hall–Kier alpha value is -3.87. The average Bonchev–Trinajstić information content (AvgIpc) is 3.41. The third kappa shape index (κ3) is 7.56. The topological polar surface area (TPSA) is 254 Å². The van der Waals surface area contributed by atoms with Gasteiger partial charge in [-0.05, 0) is 26.1 Å². The number of likely N-dealkylation sites (N-methyl/N-ethyl adjacent to an activating group) is 1. The molecular formula is C29H35ClN2O14. The zero-order chi connectivity index (χ0) is 34.5. The van der Waals surface area contributed by atoms with Crippen LogP contribution in [-0.4, -0.2) is 123 Å². The summed E-state index contributed by atoms with van der Waals surface area (Å²) >= 11 is 6.30. The predicted molar refractivity (Wildman–Crippen MR) is 162 cm³/mol. The lowest BCUT2D eigenvalue weighted by Gasteiger charge is -2.25. The Labute approximate surface area is 266 Å². The average molecular weight is 671 g/mol. The fourth-order valence-electron chi connectivity index (χ4n) is 5.21. The Morgan fingerprint density at radius 2 is 1.76 bits per heavy atom. The van der Waals surface area contributed by atoms with Crippen molar-refractivity contribution in [3.8, 4) is 22.8 Å². The summed E-state index contributed by atoms with van der Waals surface area (Å²) in [5.41, 5.74) is 0.760. The first kappa shape index (κ1) is 36.6. The van der Waals surface area contributed by atoms with E-state index in [9.17, 15) is 24.8 Å². The number of nitro groups is 1. The SMILES string of the molecule is COc1cc(OC)c2c(=O)cc(-c3ccc([N+](=O)[O-])cc3Cl)oc2c1C1CCN(C)C1CO.O=C(O)[C@H](O)[C@@H](O)[C@H](O)[C@H](O)CO. The number of fused-ring (bicyclic) bond motifs is 1. The van der Waals surface area contributed by atoms with Gasteiger partial charge in [0.1, 0.15) is 46.5 Å². The first-order valence-electron chi connectivity index (χ1n) is 13.8. The third-order valence-corrected chi connectivity index (χ3v) is 8.04. The van der Waals surface area contributed by atoms with Crippen LogP contribution in [0, 0.1) is 10.1 Å². The lowest BCUT2D eigenvalue weighted by atomic mass is 9.89. The quantitative estimate of drug-likeness (QED) is 0.107. The molecule has 7 N–H and O–H groups in total. The number of carbonyl (C=O) groups is 1. The first-order chi connectivity index (χ1) is 21.7. The molecule has 6 atom stereocenters. The summed E-state index contributed by atoms with van der Waals surface area (Å²) in [6.45, 7) is -0.162. The van der Waals surface area contributed by atoms with Gasteiger partial charge in [-0.2, -0.15) is 0 Å². The molecule has 16 nitrogen and oxygen atoms in total. The second-order valence-corrected chi connectivity index (χ2v) is 10.8. The van der Waals surface area contributed by atoms with E-state index in [0.717, 1.165) is 13.0 Å². The molecule has 0 aliphatic carbocycles. The van der Waals surface area contributed by atoms with Gasteiger partial charge in [0.2, 0.25) is 0 Å². The Kier molecular flexibility index (Phi) is 12.4. The number of nitro benzene ring substituents is 1. The lowest BCUT2D eigenvalue weighted by molar-refractivity contribution is -0.384. The van der Waals surface area contributed by atoms with Gasteiger partial charge in [0.25, 0.3) is 5.69 Å². The number of carboxylic acid groups (broad SMARTS) is 1. The number of aliphatic hydroxyl groups is 6. The molecule has 2 unspecified atom stereocenters. The number of rotatable bonds is 11. The minimum Gasteiger partial charge on any atom is -0.496 e. The molecule has 0 radical (unpaired) electrons. The Bertz CT molecular complexity index is 1620. The zero-order valence-corrected chi connectivity index (χ0v) is 25.7. The normalized spacial score (nSPS) is 19.1. The highest BCUT2D eigenvalue weighted by molar-refractivity contribution is 6.33. The number of aliphatic hydroxyl groups excluding tert-OH is 6. The van der Waals surface area contributed by atoms with Crippen LogP contribution in [0.4, 0.5) is 5.69 Å². The number of halogens is 1. The standard InChI is InChI=1S/C23H23ClN2O7.C6H12O7/c1-25-7-6-14(16(25)11-27)21-19(31-2)10-20(32-3)22-17(28)9-18(33-23(21)22)13-5-4-12(26(29)30)8-15(13)24;7-1-2(8)3(9)4(10)5(11)6(12)13/h4-5,8-10,14,16,27H,6-7,11H2,1-3H3;2-5,7-11H,1H2,(H,12,13)/t;2-,3-,4+,5-/m.1/s1. The molecule has 0 saturated carbocycles. The van der Waals surface area contributed by atoms with Crippen molar-refractivity contribution in [3.63, 3.8) is 0 Å². The summed E-state index contributed by atoms with van der Waals surface area (Å²) in [4.78, 5) is 35.9. The van der Waals surface area contributed by atoms with Gasteiger partial charge in [-0.15, -0.1) is 0 Å². The van der Waals surface area contributed by atoms with Crippen LogP contribution in [0.2, 0.25) is 5.02 Å². The molecule has 2 aromatic carbocycles. The molecule has 0 spiro atoms. The first-order valence-corrected chi connectivity index (χ1v) is 14.1. The Morgan fingerprint density at radius 1 is 1.11 bits per heavy atom. The van der Waals surface area contributed by atoms with E-state index in [1.807, 2.05) is 7.05 Å². The van der Waals surface area contributed by atoms with Crippen LogP contribution in [0.3, 0.4) is 0 Å². The molecule has 0 bridgehead atoms. The number of methoxy groups -OCH3 is 2. The van der Waals surface area contributed by atoms with Gasteiger partial charge in [-0.3, -0.25) is 14.9 Å². The Morgan fingerprint density at radius 3 is 2.28 bits per heavy atom. The fourth-order valence-corrected chi connectivity index (χ4v) is 5.48. The van der Waals surface area contributed by atoms with Crippen LogP contribution in [0.25, 0.3) is 22.3 Å². The number of benzene rings is 2.